The first-order valence-corrected chi connectivity index (χ1v) is 9.09. The van der Waals surface area contributed by atoms with E-state index in [-0.39, 0.29) is 17.9 Å². The average Bonchev–Trinajstić information content (AvgIpc) is 2.86. The summed E-state index contributed by atoms with van der Waals surface area (Å²) < 4.78 is 5.64. The minimum absolute atomic E-state index is 0.0305. The van der Waals surface area contributed by atoms with Gasteiger partial charge in [0.2, 0.25) is 11.8 Å². The number of nitrogens with one attached hydrogen (secondary N) is 1. The lowest BCUT2D eigenvalue weighted by Gasteiger charge is -2.39. The third kappa shape index (κ3) is 2.73. The zero-order valence-corrected chi connectivity index (χ0v) is 14.7. The van der Waals surface area contributed by atoms with E-state index in [0.29, 0.717) is 39.0 Å². The van der Waals surface area contributed by atoms with Gasteiger partial charge >= 0.3 is 0 Å². The van der Waals surface area contributed by atoms with E-state index in [4.69, 9.17) is 4.74 Å². The number of hydrogen-bond donors (Lipinski definition) is 1. The molecule has 0 saturated carbocycles. The van der Waals surface area contributed by atoms with Crippen LogP contribution in [-0.2, 0) is 19.7 Å². The Hall–Kier alpha value is -1.92. The molecule has 1 aromatic carbocycles. The van der Waals surface area contributed by atoms with E-state index in [1.54, 1.807) is 4.90 Å². The largest absolute Gasteiger partial charge is 0.375 e. The molecule has 1 spiro atoms. The van der Waals surface area contributed by atoms with Gasteiger partial charge in [-0.15, -0.1) is 0 Å². The number of piperidine rings is 1. The van der Waals surface area contributed by atoms with Crippen molar-refractivity contribution in [2.45, 2.75) is 30.8 Å². The number of carbonyl (C=O) groups excluding carboxylic acids is 2. The van der Waals surface area contributed by atoms with Gasteiger partial charge in [-0.2, -0.15) is 0 Å². The van der Waals surface area contributed by atoms with Crippen LogP contribution in [0, 0.1) is 0 Å². The summed E-state index contributed by atoms with van der Waals surface area (Å²) >= 11 is 0. The van der Waals surface area contributed by atoms with Gasteiger partial charge in [0.1, 0.15) is 0 Å². The topological polar surface area (TPSA) is 61.9 Å². The maximum Gasteiger partial charge on any atom is 0.237 e. The van der Waals surface area contributed by atoms with Gasteiger partial charge < -0.3 is 19.9 Å². The molecule has 0 bridgehead atoms. The summed E-state index contributed by atoms with van der Waals surface area (Å²) in [6, 6.07) is 8.04. The first-order chi connectivity index (χ1) is 12.1. The second kappa shape index (κ2) is 6.42. The normalized spacial score (nSPS) is 25.3. The maximum atomic E-state index is 12.9. The van der Waals surface area contributed by atoms with Gasteiger partial charge in [0, 0.05) is 38.9 Å². The molecular formula is C19H25N3O3. The molecule has 134 valence electrons. The predicted molar refractivity (Wildman–Crippen MR) is 94.6 cm³/mol. The standard InChI is InChI=1S/C19H25N3O3/c1-21-16-5-3-2-4-15(16)19(18(21)24)6-9-22(10-7-19)17(23)12-14-13-20-8-11-25-14/h2-5,14,20H,6-13H2,1H3. The molecule has 3 aliphatic rings. The molecule has 1 unspecified atom stereocenters. The first kappa shape index (κ1) is 16.5. The molecule has 1 atom stereocenters. The SMILES string of the molecule is CN1C(=O)C2(CCN(C(=O)CC3CNCCO3)CC2)c2ccccc21. The van der Waals surface area contributed by atoms with Crippen molar-refractivity contribution in [1.29, 1.82) is 0 Å². The maximum absolute atomic E-state index is 12.9. The molecule has 25 heavy (non-hydrogen) atoms. The zero-order valence-electron chi connectivity index (χ0n) is 14.7. The van der Waals surface area contributed by atoms with Gasteiger partial charge in [0.15, 0.2) is 0 Å². The molecule has 2 saturated heterocycles. The Bertz CT molecular complexity index is 676. The van der Waals surface area contributed by atoms with Crippen LogP contribution in [0.3, 0.4) is 0 Å². The van der Waals surface area contributed by atoms with Gasteiger partial charge in [0.05, 0.1) is 24.5 Å². The van der Waals surface area contributed by atoms with Crippen molar-refractivity contribution in [3.63, 3.8) is 0 Å². The number of anilines is 1. The number of likely N-dealkylation sites (tertiary alicyclic amines) is 1. The number of rotatable bonds is 2. The number of carbonyl (C=O) groups is 2. The van der Waals surface area contributed by atoms with Crippen molar-refractivity contribution in [2.24, 2.45) is 0 Å². The third-order valence-electron chi connectivity index (χ3n) is 5.87. The van der Waals surface area contributed by atoms with Crippen molar-refractivity contribution in [2.75, 3.05) is 44.7 Å². The Kier molecular flexibility index (Phi) is 4.25. The number of hydrogen-bond acceptors (Lipinski definition) is 4. The molecular weight excluding hydrogens is 318 g/mol. The molecule has 3 heterocycles. The summed E-state index contributed by atoms with van der Waals surface area (Å²) in [5.74, 6) is 0.302. The number of amides is 2. The molecule has 6 heteroatoms. The molecule has 0 aliphatic carbocycles. The van der Waals surface area contributed by atoms with E-state index in [0.717, 1.165) is 24.3 Å². The van der Waals surface area contributed by atoms with Gasteiger partial charge in [-0.1, -0.05) is 18.2 Å². The van der Waals surface area contributed by atoms with Crippen molar-refractivity contribution >= 4 is 17.5 Å². The summed E-state index contributed by atoms with van der Waals surface area (Å²) in [7, 11) is 1.85. The van der Waals surface area contributed by atoms with Crippen molar-refractivity contribution < 1.29 is 14.3 Å². The van der Waals surface area contributed by atoms with Crippen LogP contribution in [0.2, 0.25) is 0 Å². The number of likely N-dealkylation sites (N-methyl/N-ethyl adjacent to an activating group) is 1. The van der Waals surface area contributed by atoms with Crippen LogP contribution in [0.5, 0.6) is 0 Å². The summed E-state index contributed by atoms with van der Waals surface area (Å²) in [5, 5.41) is 3.26. The van der Waals surface area contributed by atoms with Crippen LogP contribution in [0.15, 0.2) is 24.3 Å². The number of ether oxygens (including phenoxy) is 1. The van der Waals surface area contributed by atoms with Crippen LogP contribution < -0.4 is 10.2 Å². The molecule has 4 rings (SSSR count). The Morgan fingerprint density at radius 2 is 2.08 bits per heavy atom. The van der Waals surface area contributed by atoms with Crippen molar-refractivity contribution in [3.8, 4) is 0 Å². The quantitative estimate of drug-likeness (QED) is 0.867. The molecule has 0 aromatic heterocycles. The fraction of sp³-hybridized carbons (Fsp3) is 0.579. The van der Waals surface area contributed by atoms with E-state index >= 15 is 0 Å². The minimum Gasteiger partial charge on any atom is -0.375 e. The fourth-order valence-corrected chi connectivity index (χ4v) is 4.41. The smallest absolute Gasteiger partial charge is 0.237 e. The van der Waals surface area contributed by atoms with Crippen LogP contribution in [-0.4, -0.2) is 62.7 Å². The number of nitrogens with zero attached hydrogens (tertiary/aromatic N) is 2. The molecule has 0 radical (unpaired) electrons. The van der Waals surface area contributed by atoms with E-state index < -0.39 is 5.41 Å². The zero-order chi connectivity index (χ0) is 17.4. The van der Waals surface area contributed by atoms with Crippen molar-refractivity contribution in [3.05, 3.63) is 29.8 Å². The third-order valence-corrected chi connectivity index (χ3v) is 5.87. The first-order valence-electron chi connectivity index (χ1n) is 9.09. The highest BCUT2D eigenvalue weighted by Crippen LogP contribution is 2.47. The lowest BCUT2D eigenvalue weighted by atomic mass is 9.73. The van der Waals surface area contributed by atoms with Gasteiger partial charge in [-0.25, -0.2) is 0 Å². The van der Waals surface area contributed by atoms with Crippen LogP contribution >= 0.6 is 0 Å². The van der Waals surface area contributed by atoms with Crippen molar-refractivity contribution in [1.82, 2.24) is 10.2 Å². The van der Waals surface area contributed by atoms with Gasteiger partial charge in [-0.3, -0.25) is 9.59 Å². The summed E-state index contributed by atoms with van der Waals surface area (Å²) in [6.07, 6.45) is 1.78. The van der Waals surface area contributed by atoms with E-state index in [2.05, 4.69) is 11.4 Å². The molecule has 2 fully saturated rings. The Morgan fingerprint density at radius 3 is 2.80 bits per heavy atom. The Morgan fingerprint density at radius 1 is 1.32 bits per heavy atom. The number of fused-ring (bicyclic) bond motifs is 2. The molecule has 6 nitrogen and oxygen atoms in total. The molecule has 3 aliphatic heterocycles. The molecule has 2 amide bonds. The van der Waals surface area contributed by atoms with Gasteiger partial charge in [0.25, 0.3) is 0 Å². The van der Waals surface area contributed by atoms with E-state index in [9.17, 15) is 9.59 Å². The van der Waals surface area contributed by atoms with E-state index in [1.807, 2.05) is 30.1 Å². The van der Waals surface area contributed by atoms with Crippen LogP contribution in [0.25, 0.3) is 0 Å². The number of benzene rings is 1. The summed E-state index contributed by atoms with van der Waals surface area (Å²) in [5.41, 5.74) is 1.67. The van der Waals surface area contributed by atoms with E-state index in [1.165, 1.54) is 0 Å². The summed E-state index contributed by atoms with van der Waals surface area (Å²) in [4.78, 5) is 29.2. The van der Waals surface area contributed by atoms with Gasteiger partial charge in [-0.05, 0) is 24.5 Å². The van der Waals surface area contributed by atoms with Crippen LogP contribution in [0.1, 0.15) is 24.8 Å². The highest BCUT2D eigenvalue weighted by atomic mass is 16.5. The highest BCUT2D eigenvalue weighted by Gasteiger charge is 2.51. The Balaban J connectivity index is 1.44. The average molecular weight is 343 g/mol. The molecule has 1 aromatic rings. The number of morpholine rings is 1. The van der Waals surface area contributed by atoms with Crippen LogP contribution in [0.4, 0.5) is 5.69 Å². The highest BCUT2D eigenvalue weighted by molar-refractivity contribution is 6.07. The lowest BCUT2D eigenvalue weighted by Crippen LogP contribution is -2.50. The second-order valence-corrected chi connectivity index (χ2v) is 7.25. The lowest BCUT2D eigenvalue weighted by molar-refractivity contribution is -0.138. The predicted octanol–water partition coefficient (Wildman–Crippen LogP) is 0.902. The Labute approximate surface area is 148 Å². The second-order valence-electron chi connectivity index (χ2n) is 7.25. The fourth-order valence-electron chi connectivity index (χ4n) is 4.41. The summed E-state index contributed by atoms with van der Waals surface area (Å²) in [6.45, 7) is 3.52. The molecule has 1 N–H and O–H groups in total. The number of para-hydroxylation sites is 1. The minimum atomic E-state index is -0.453. The monoisotopic (exact) mass is 343 g/mol.